The van der Waals surface area contributed by atoms with Gasteiger partial charge in [-0.3, -0.25) is 0 Å². The maximum atomic E-state index is 2.44. The summed E-state index contributed by atoms with van der Waals surface area (Å²) in [7, 11) is 0. The van der Waals surface area contributed by atoms with E-state index in [-0.39, 0.29) is 0 Å². The predicted octanol–water partition coefficient (Wildman–Crippen LogP) is 5.32. The van der Waals surface area contributed by atoms with E-state index in [1.807, 2.05) is 11.3 Å². The number of aromatic nitrogens is 1. The van der Waals surface area contributed by atoms with Gasteiger partial charge in [0.05, 0.1) is 5.56 Å². The van der Waals surface area contributed by atoms with E-state index in [1.54, 1.807) is 0 Å². The van der Waals surface area contributed by atoms with Crippen LogP contribution in [-0.2, 0) is 0 Å². The van der Waals surface area contributed by atoms with Gasteiger partial charge >= 0.3 is 0 Å². The number of fused-ring (bicyclic) bond motifs is 7. The molecular formula is C20H16NS+. The van der Waals surface area contributed by atoms with Crippen molar-refractivity contribution < 1.29 is 4.57 Å². The molecule has 0 amide bonds. The fraction of sp³-hybridized carbons (Fsp3) is 0.150. The summed E-state index contributed by atoms with van der Waals surface area (Å²) in [4.78, 5) is 0. The van der Waals surface area contributed by atoms with Crippen molar-refractivity contribution in [1.29, 1.82) is 0 Å². The molecule has 1 atom stereocenters. The maximum absolute atomic E-state index is 2.44. The van der Waals surface area contributed by atoms with E-state index in [0.717, 1.165) is 6.42 Å². The van der Waals surface area contributed by atoms with Gasteiger partial charge in [0.15, 0.2) is 12.2 Å². The zero-order valence-corrected chi connectivity index (χ0v) is 13.2. The first-order valence-electron chi connectivity index (χ1n) is 7.83. The highest BCUT2D eigenvalue weighted by Crippen LogP contribution is 2.45. The number of benzene rings is 2. The first-order valence-corrected chi connectivity index (χ1v) is 8.65. The fourth-order valence-corrected chi connectivity index (χ4v) is 5.12. The molecule has 3 heterocycles. The van der Waals surface area contributed by atoms with Crippen LogP contribution < -0.4 is 4.57 Å². The normalized spacial score (nSPS) is 16.1. The maximum Gasteiger partial charge on any atom is 0.215 e. The van der Waals surface area contributed by atoms with Crippen LogP contribution in [-0.4, -0.2) is 0 Å². The lowest BCUT2D eigenvalue weighted by atomic mass is 9.99. The Labute approximate surface area is 133 Å². The van der Waals surface area contributed by atoms with Gasteiger partial charge < -0.3 is 0 Å². The summed E-state index contributed by atoms with van der Waals surface area (Å²) in [5, 5.41) is 2.78. The summed E-state index contributed by atoms with van der Waals surface area (Å²) in [6.07, 6.45) is 3.35. The quantitative estimate of drug-likeness (QED) is 0.419. The Bertz CT molecular complexity index is 1030. The summed E-state index contributed by atoms with van der Waals surface area (Å²) < 4.78 is 5.26. The summed E-state index contributed by atoms with van der Waals surface area (Å²) in [6.45, 7) is 2.28. The van der Waals surface area contributed by atoms with Crippen LogP contribution in [0.15, 0.2) is 60.8 Å². The second-order valence-electron chi connectivity index (χ2n) is 5.92. The molecule has 0 saturated carbocycles. The Balaban J connectivity index is 1.97. The van der Waals surface area contributed by atoms with Gasteiger partial charge in [0.1, 0.15) is 0 Å². The van der Waals surface area contributed by atoms with Gasteiger partial charge in [-0.15, -0.1) is 11.3 Å². The monoisotopic (exact) mass is 302 g/mol. The zero-order chi connectivity index (χ0) is 14.7. The molecule has 0 saturated heterocycles. The largest absolute Gasteiger partial charge is 0.215 e. The van der Waals surface area contributed by atoms with Crippen molar-refractivity contribution in [3.63, 3.8) is 0 Å². The van der Waals surface area contributed by atoms with Crippen molar-refractivity contribution in [2.24, 2.45) is 0 Å². The Kier molecular flexibility index (Phi) is 2.47. The average Bonchev–Trinajstić information content (AvgIpc) is 3.09. The van der Waals surface area contributed by atoms with Crippen LogP contribution in [0.4, 0.5) is 0 Å². The van der Waals surface area contributed by atoms with Crippen LogP contribution in [0.3, 0.4) is 0 Å². The highest BCUT2D eigenvalue weighted by Gasteiger charge is 2.36. The number of hydrogen-bond donors (Lipinski definition) is 0. The molecule has 0 aliphatic carbocycles. The molecule has 1 unspecified atom stereocenters. The van der Waals surface area contributed by atoms with E-state index < -0.39 is 0 Å². The van der Waals surface area contributed by atoms with Gasteiger partial charge in [-0.05, 0) is 12.1 Å². The van der Waals surface area contributed by atoms with Crippen LogP contribution in [0.1, 0.15) is 24.9 Å². The van der Waals surface area contributed by atoms with E-state index in [2.05, 4.69) is 72.3 Å². The standard InChI is InChI=1S/C20H16NS/c1-2-16-15-11-10-14-13-7-3-4-9-18(13)22-20(14)19(15)17-8-5-6-12-21(16)17/h3-12,16H,2H2,1H3/q+1. The molecule has 1 nitrogen and oxygen atoms in total. The third-order valence-corrected chi connectivity index (χ3v) is 6.01. The lowest BCUT2D eigenvalue weighted by Gasteiger charge is -2.04. The van der Waals surface area contributed by atoms with Crippen molar-refractivity contribution in [3.8, 4) is 11.3 Å². The number of rotatable bonds is 1. The van der Waals surface area contributed by atoms with Crippen LogP contribution in [0.2, 0.25) is 0 Å². The number of nitrogens with zero attached hydrogens (tertiary/aromatic N) is 1. The average molecular weight is 302 g/mol. The molecule has 0 radical (unpaired) electrons. The third-order valence-electron chi connectivity index (χ3n) is 4.81. The fourth-order valence-electron chi connectivity index (χ4n) is 3.85. The van der Waals surface area contributed by atoms with E-state index in [4.69, 9.17) is 0 Å². The predicted molar refractivity (Wildman–Crippen MR) is 93.4 cm³/mol. The highest BCUT2D eigenvalue weighted by atomic mass is 32.1. The minimum atomic E-state index is 0.473. The van der Waals surface area contributed by atoms with Crippen molar-refractivity contribution in [2.45, 2.75) is 19.4 Å². The second kappa shape index (κ2) is 4.40. The molecule has 2 aromatic heterocycles. The molecule has 1 aliphatic rings. The lowest BCUT2D eigenvalue weighted by molar-refractivity contribution is -0.698. The van der Waals surface area contributed by atoms with Crippen LogP contribution in [0.25, 0.3) is 31.4 Å². The molecular weight excluding hydrogens is 286 g/mol. The minimum absolute atomic E-state index is 0.473. The Hall–Kier alpha value is -2.19. The molecule has 0 N–H and O–H groups in total. The number of pyridine rings is 1. The molecule has 4 aromatic rings. The summed E-state index contributed by atoms with van der Waals surface area (Å²) >= 11 is 1.93. The van der Waals surface area contributed by atoms with Crippen LogP contribution in [0, 0.1) is 0 Å². The first-order chi connectivity index (χ1) is 10.9. The highest BCUT2D eigenvalue weighted by molar-refractivity contribution is 7.26. The molecule has 5 rings (SSSR count). The van der Waals surface area contributed by atoms with Crippen molar-refractivity contribution in [1.82, 2.24) is 0 Å². The summed E-state index contributed by atoms with van der Waals surface area (Å²) in [5.74, 6) is 0. The van der Waals surface area contributed by atoms with Crippen LogP contribution >= 0.6 is 11.3 Å². The molecule has 2 heteroatoms. The number of hydrogen-bond acceptors (Lipinski definition) is 1. The van der Waals surface area contributed by atoms with Gasteiger partial charge in [0, 0.05) is 44.3 Å². The first kappa shape index (κ1) is 12.4. The summed E-state index contributed by atoms with van der Waals surface area (Å²) in [5.41, 5.74) is 4.29. The smallest absolute Gasteiger partial charge is 0.191 e. The molecule has 0 spiro atoms. The SMILES string of the molecule is CCC1c2ccc3c(sc4ccccc43)c2-c2cccc[n+]21. The topological polar surface area (TPSA) is 3.88 Å². The van der Waals surface area contributed by atoms with Crippen molar-refractivity contribution in [2.75, 3.05) is 0 Å². The van der Waals surface area contributed by atoms with Gasteiger partial charge in [-0.25, -0.2) is 0 Å². The zero-order valence-electron chi connectivity index (χ0n) is 12.4. The van der Waals surface area contributed by atoms with Crippen LogP contribution in [0.5, 0.6) is 0 Å². The van der Waals surface area contributed by atoms with Gasteiger partial charge in [-0.1, -0.05) is 37.3 Å². The minimum Gasteiger partial charge on any atom is -0.191 e. The molecule has 106 valence electrons. The third kappa shape index (κ3) is 1.46. The van der Waals surface area contributed by atoms with E-state index in [1.165, 1.54) is 37.0 Å². The second-order valence-corrected chi connectivity index (χ2v) is 6.97. The van der Waals surface area contributed by atoms with Gasteiger partial charge in [0.25, 0.3) is 0 Å². The molecule has 0 bridgehead atoms. The molecule has 2 aromatic carbocycles. The Morgan fingerprint density at radius 2 is 1.82 bits per heavy atom. The molecule has 1 aliphatic heterocycles. The van der Waals surface area contributed by atoms with Gasteiger partial charge in [-0.2, -0.15) is 4.57 Å². The molecule has 22 heavy (non-hydrogen) atoms. The Morgan fingerprint density at radius 3 is 2.73 bits per heavy atom. The molecule has 0 fully saturated rings. The Morgan fingerprint density at radius 1 is 0.955 bits per heavy atom. The van der Waals surface area contributed by atoms with Crippen molar-refractivity contribution in [3.05, 3.63) is 66.4 Å². The van der Waals surface area contributed by atoms with Gasteiger partial charge in [0.2, 0.25) is 5.69 Å². The van der Waals surface area contributed by atoms with E-state index in [9.17, 15) is 0 Å². The van der Waals surface area contributed by atoms with Crippen molar-refractivity contribution >= 4 is 31.5 Å². The van der Waals surface area contributed by atoms with E-state index >= 15 is 0 Å². The lowest BCUT2D eigenvalue weighted by Crippen LogP contribution is -2.36. The van der Waals surface area contributed by atoms with E-state index in [0.29, 0.717) is 6.04 Å². The number of thiophene rings is 1. The summed E-state index contributed by atoms with van der Waals surface area (Å²) in [6, 6.07) is 20.4.